The zero-order valence-electron chi connectivity index (χ0n) is 23.0. The number of nitrogens with zero attached hydrogens (tertiary/aromatic N) is 3. The van der Waals surface area contributed by atoms with Crippen molar-refractivity contribution in [1.29, 1.82) is 0 Å². The summed E-state index contributed by atoms with van der Waals surface area (Å²) in [4.78, 5) is 31.6. The van der Waals surface area contributed by atoms with Crippen molar-refractivity contribution in [2.24, 2.45) is 0 Å². The summed E-state index contributed by atoms with van der Waals surface area (Å²) in [7, 11) is 0. The molecule has 0 radical (unpaired) electrons. The van der Waals surface area contributed by atoms with Crippen LogP contribution in [0.3, 0.4) is 0 Å². The topological polar surface area (TPSA) is 43.9 Å². The molecule has 10 heteroatoms. The number of benzene rings is 3. The quantitative estimate of drug-likeness (QED) is 0.286. The molecule has 0 spiro atoms. The zero-order valence-corrected chi connectivity index (χ0v) is 23.0. The predicted octanol–water partition coefficient (Wildman–Crippen LogP) is 6.47. The molecule has 1 fully saturated rings. The molecule has 42 heavy (non-hydrogen) atoms. The lowest BCUT2D eigenvalue weighted by Gasteiger charge is -2.46. The van der Waals surface area contributed by atoms with Crippen molar-refractivity contribution in [2.45, 2.75) is 50.4 Å². The molecular weight excluding hydrogens is 553 g/mol. The summed E-state index contributed by atoms with van der Waals surface area (Å²) in [6.45, 7) is 1.40. The van der Waals surface area contributed by atoms with Crippen LogP contribution in [-0.2, 0) is 11.3 Å². The van der Waals surface area contributed by atoms with Gasteiger partial charge < -0.3 is 14.7 Å². The van der Waals surface area contributed by atoms with E-state index in [1.807, 2.05) is 64.4 Å². The molecule has 0 aromatic heterocycles. The lowest BCUT2D eigenvalue weighted by atomic mass is 9.91. The molecule has 0 saturated carbocycles. The third kappa shape index (κ3) is 4.61. The van der Waals surface area contributed by atoms with Crippen molar-refractivity contribution >= 4 is 17.5 Å². The van der Waals surface area contributed by atoms with Crippen molar-refractivity contribution in [3.63, 3.8) is 0 Å². The van der Waals surface area contributed by atoms with Gasteiger partial charge in [-0.15, -0.1) is 0 Å². The van der Waals surface area contributed by atoms with Crippen LogP contribution in [0.15, 0.2) is 66.7 Å². The summed E-state index contributed by atoms with van der Waals surface area (Å²) in [5, 5.41) is 0. The summed E-state index contributed by atoms with van der Waals surface area (Å²) in [6.07, 6.45) is -4.95. The maximum absolute atomic E-state index is 14.3. The molecule has 6 rings (SSSR count). The molecule has 0 N–H and O–H groups in total. The molecule has 2 amide bonds. The fourth-order valence-electron chi connectivity index (χ4n) is 6.32. The fraction of sp³-hybridized carbons (Fsp3) is 0.375. The molecule has 1 saturated heterocycles. The largest absolute Gasteiger partial charge is 0.455 e. The smallest absolute Gasteiger partial charge is 0.367 e. The van der Waals surface area contributed by atoms with E-state index in [1.165, 1.54) is 0 Å². The molecular formula is C32H30F5N3O2. The molecule has 5 nitrogen and oxygen atoms in total. The molecule has 3 aromatic rings. The van der Waals surface area contributed by atoms with Crippen LogP contribution in [-0.4, -0.2) is 65.9 Å². The number of amides is 2. The standard InChI is InChI=1S/C32H30F5N3O2/c1-2-3-15-38(19-31(33,34)32(35,36)37)30(42)28-25-12-7-6-11-23(25)24-13-8-14-26(27(24)28)39-17-21(18-39)40-16-20-9-4-5-10-22(20)29(40)41/h4-14,21,28H,2-3,15-19H2,1H3. The van der Waals surface area contributed by atoms with E-state index in [2.05, 4.69) is 0 Å². The van der Waals surface area contributed by atoms with Gasteiger partial charge in [0.1, 0.15) is 0 Å². The van der Waals surface area contributed by atoms with E-state index in [0.717, 1.165) is 22.4 Å². The second-order valence-corrected chi connectivity index (χ2v) is 11.2. The van der Waals surface area contributed by atoms with Gasteiger partial charge in [0.15, 0.2) is 0 Å². The molecule has 2 aliphatic heterocycles. The molecule has 0 bridgehead atoms. The third-order valence-electron chi connectivity index (χ3n) is 8.57. The van der Waals surface area contributed by atoms with Gasteiger partial charge in [-0.1, -0.05) is 67.9 Å². The van der Waals surface area contributed by atoms with E-state index in [0.29, 0.717) is 54.1 Å². The maximum atomic E-state index is 14.3. The van der Waals surface area contributed by atoms with Crippen molar-refractivity contribution in [1.82, 2.24) is 9.80 Å². The lowest BCUT2D eigenvalue weighted by Crippen LogP contribution is -2.60. The van der Waals surface area contributed by atoms with Crippen LogP contribution < -0.4 is 4.90 Å². The van der Waals surface area contributed by atoms with Gasteiger partial charge in [0.05, 0.1) is 18.5 Å². The highest BCUT2D eigenvalue weighted by Crippen LogP contribution is 2.51. The molecule has 1 aliphatic carbocycles. The fourth-order valence-corrected chi connectivity index (χ4v) is 6.32. The van der Waals surface area contributed by atoms with Gasteiger partial charge in [0.25, 0.3) is 5.91 Å². The number of anilines is 1. The highest BCUT2D eigenvalue weighted by molar-refractivity contribution is 6.00. The van der Waals surface area contributed by atoms with Crippen LogP contribution in [0.2, 0.25) is 0 Å². The number of hydrogen-bond donors (Lipinski definition) is 0. The van der Waals surface area contributed by atoms with Crippen molar-refractivity contribution in [3.05, 3.63) is 89.0 Å². The Balaban J connectivity index is 1.31. The van der Waals surface area contributed by atoms with Crippen molar-refractivity contribution < 1.29 is 31.5 Å². The summed E-state index contributed by atoms with van der Waals surface area (Å²) >= 11 is 0. The number of hydrogen-bond acceptors (Lipinski definition) is 3. The molecule has 3 aromatic carbocycles. The number of fused-ring (bicyclic) bond motifs is 4. The van der Waals surface area contributed by atoms with Crippen molar-refractivity contribution in [3.8, 4) is 11.1 Å². The number of carbonyl (C=O) groups excluding carboxylic acids is 2. The SMILES string of the molecule is CCCCN(CC(F)(F)C(F)(F)F)C(=O)C1c2ccccc2-c2cccc(N3CC(N4Cc5ccccc5C4=O)C3)c21. The van der Waals surface area contributed by atoms with E-state index in [9.17, 15) is 31.5 Å². The summed E-state index contributed by atoms with van der Waals surface area (Å²) in [5.74, 6) is -6.86. The van der Waals surface area contributed by atoms with Gasteiger partial charge in [-0.3, -0.25) is 9.59 Å². The monoisotopic (exact) mass is 583 g/mol. The van der Waals surface area contributed by atoms with E-state index in [1.54, 1.807) is 19.1 Å². The highest BCUT2D eigenvalue weighted by atomic mass is 19.4. The van der Waals surface area contributed by atoms with Crippen molar-refractivity contribution in [2.75, 3.05) is 31.1 Å². The van der Waals surface area contributed by atoms with Gasteiger partial charge >= 0.3 is 12.1 Å². The Hall–Kier alpha value is -3.95. The molecule has 1 unspecified atom stereocenters. The van der Waals surface area contributed by atoms with Crippen LogP contribution in [0.5, 0.6) is 0 Å². The average Bonchev–Trinajstić information content (AvgIpc) is 3.45. The first-order valence-corrected chi connectivity index (χ1v) is 14.1. The minimum atomic E-state index is -5.77. The van der Waals surface area contributed by atoms with E-state index in [-0.39, 0.29) is 18.5 Å². The Morgan fingerprint density at radius 3 is 2.26 bits per heavy atom. The summed E-state index contributed by atoms with van der Waals surface area (Å²) in [5.41, 5.74) is 5.10. The molecule has 3 aliphatic rings. The Morgan fingerprint density at radius 2 is 1.57 bits per heavy atom. The Morgan fingerprint density at radius 1 is 0.905 bits per heavy atom. The Kier molecular flexibility index (Phi) is 6.98. The number of alkyl halides is 5. The van der Waals surface area contributed by atoms with Crippen LogP contribution in [0.1, 0.15) is 52.7 Å². The number of halogens is 5. The first kappa shape index (κ1) is 28.2. The van der Waals surface area contributed by atoms with E-state index >= 15 is 0 Å². The first-order chi connectivity index (χ1) is 20.0. The van der Waals surface area contributed by atoms with E-state index in [4.69, 9.17) is 0 Å². The maximum Gasteiger partial charge on any atom is 0.455 e. The normalized spacial score (nSPS) is 18.0. The molecule has 220 valence electrons. The van der Waals surface area contributed by atoms with Gasteiger partial charge in [-0.05, 0) is 40.8 Å². The highest BCUT2D eigenvalue weighted by Gasteiger charge is 2.59. The van der Waals surface area contributed by atoms with Gasteiger partial charge in [0, 0.05) is 43.0 Å². The zero-order chi connectivity index (χ0) is 29.8. The van der Waals surface area contributed by atoms with Crippen LogP contribution in [0.25, 0.3) is 11.1 Å². The van der Waals surface area contributed by atoms with Gasteiger partial charge in [-0.2, -0.15) is 22.0 Å². The van der Waals surface area contributed by atoms with Crippen LogP contribution in [0.4, 0.5) is 27.6 Å². The number of rotatable bonds is 8. The Bertz CT molecular complexity index is 1530. The van der Waals surface area contributed by atoms with Crippen LogP contribution in [0, 0.1) is 0 Å². The summed E-state index contributed by atoms with van der Waals surface area (Å²) < 4.78 is 68.2. The minimum absolute atomic E-state index is 0.0221. The second-order valence-electron chi connectivity index (χ2n) is 11.2. The van der Waals surface area contributed by atoms with Gasteiger partial charge in [0.2, 0.25) is 5.91 Å². The number of carbonyl (C=O) groups is 2. The Labute approximate surface area is 240 Å². The van der Waals surface area contributed by atoms with Crippen LogP contribution >= 0.6 is 0 Å². The lowest BCUT2D eigenvalue weighted by molar-refractivity contribution is -0.285. The average molecular weight is 584 g/mol. The van der Waals surface area contributed by atoms with E-state index < -0.39 is 30.5 Å². The second kappa shape index (κ2) is 10.4. The van der Waals surface area contributed by atoms with Gasteiger partial charge in [-0.25, -0.2) is 0 Å². The third-order valence-corrected chi connectivity index (χ3v) is 8.57. The minimum Gasteiger partial charge on any atom is -0.367 e. The predicted molar refractivity (Wildman–Crippen MR) is 149 cm³/mol. The first-order valence-electron chi connectivity index (χ1n) is 14.1. The molecule has 2 heterocycles. The summed E-state index contributed by atoms with van der Waals surface area (Å²) in [6, 6.07) is 20.1. The molecule has 1 atom stereocenters. The number of unbranched alkanes of at least 4 members (excludes halogenated alkanes) is 1.